The molecule has 0 aliphatic heterocycles. The Labute approximate surface area is 112 Å². The molecule has 0 fully saturated rings. The van der Waals surface area contributed by atoms with E-state index in [9.17, 15) is 4.79 Å². The number of carbonyl (C=O) groups is 1. The lowest BCUT2D eigenvalue weighted by Crippen LogP contribution is -2.35. The average Bonchev–Trinajstić information content (AvgIpc) is 2.23. The van der Waals surface area contributed by atoms with E-state index in [4.69, 9.17) is 5.73 Å². The van der Waals surface area contributed by atoms with Crippen LogP contribution in [0.3, 0.4) is 0 Å². The third-order valence-electron chi connectivity index (χ3n) is 2.74. The first-order chi connectivity index (χ1) is 7.60. The summed E-state index contributed by atoms with van der Waals surface area (Å²) in [5.74, 6) is 0.159. The Balaban J connectivity index is 0. The fourth-order valence-corrected chi connectivity index (χ4v) is 1.75. The number of halogens is 1. The lowest BCUT2D eigenvalue weighted by molar-refractivity contribution is -0.122. The zero-order chi connectivity index (χ0) is 12.4. The predicted octanol–water partition coefficient (Wildman–Crippen LogP) is 3.01. The Morgan fingerprint density at radius 2 is 1.82 bits per heavy atom. The van der Waals surface area contributed by atoms with Gasteiger partial charge in [0.1, 0.15) is 0 Å². The molecule has 0 heterocycles. The van der Waals surface area contributed by atoms with E-state index in [1.165, 1.54) is 12.8 Å². The molecule has 3 nitrogen and oxygen atoms in total. The molecular formula is C13H29ClN2O. The van der Waals surface area contributed by atoms with Crippen LogP contribution < -0.4 is 11.1 Å². The van der Waals surface area contributed by atoms with Gasteiger partial charge in [-0.15, -0.1) is 12.4 Å². The molecule has 0 bridgehead atoms. The molecule has 3 N–H and O–H groups in total. The highest BCUT2D eigenvalue weighted by Gasteiger charge is 2.11. The van der Waals surface area contributed by atoms with E-state index in [0.717, 1.165) is 25.7 Å². The van der Waals surface area contributed by atoms with E-state index in [1.54, 1.807) is 0 Å². The molecule has 0 radical (unpaired) electrons. The highest BCUT2D eigenvalue weighted by atomic mass is 35.5. The minimum absolute atomic E-state index is 0. The standard InChI is InChI=1S/C13H28N2O.ClH/c1-4-6-8-12(7-5-2)15-13(16)10-9-11(3)14;/h11-12H,4-10,14H2,1-3H3,(H,15,16);1H. The molecule has 0 saturated heterocycles. The first kappa shape index (κ1) is 19.1. The number of hydrogen-bond donors (Lipinski definition) is 2. The molecule has 0 aromatic heterocycles. The Morgan fingerprint density at radius 3 is 2.29 bits per heavy atom. The van der Waals surface area contributed by atoms with Crippen LogP contribution in [0.4, 0.5) is 0 Å². The predicted molar refractivity (Wildman–Crippen MR) is 76.5 cm³/mol. The van der Waals surface area contributed by atoms with Gasteiger partial charge in [-0.05, 0) is 26.2 Å². The van der Waals surface area contributed by atoms with Crippen LogP contribution in [0.25, 0.3) is 0 Å². The van der Waals surface area contributed by atoms with Crippen LogP contribution in [-0.4, -0.2) is 18.0 Å². The van der Waals surface area contributed by atoms with Gasteiger partial charge in [0.15, 0.2) is 0 Å². The van der Waals surface area contributed by atoms with Gasteiger partial charge in [-0.3, -0.25) is 4.79 Å². The van der Waals surface area contributed by atoms with Crippen molar-refractivity contribution < 1.29 is 4.79 Å². The summed E-state index contributed by atoms with van der Waals surface area (Å²) in [5, 5.41) is 3.11. The largest absolute Gasteiger partial charge is 0.353 e. The second-order valence-electron chi connectivity index (χ2n) is 4.71. The lowest BCUT2D eigenvalue weighted by Gasteiger charge is -2.18. The summed E-state index contributed by atoms with van der Waals surface area (Å²) in [6.45, 7) is 6.28. The van der Waals surface area contributed by atoms with Crippen molar-refractivity contribution in [2.24, 2.45) is 5.73 Å². The summed E-state index contributed by atoms with van der Waals surface area (Å²) in [7, 11) is 0. The smallest absolute Gasteiger partial charge is 0.220 e. The summed E-state index contributed by atoms with van der Waals surface area (Å²) in [4.78, 5) is 11.6. The van der Waals surface area contributed by atoms with Gasteiger partial charge in [0.05, 0.1) is 0 Å². The molecule has 0 spiro atoms. The average molecular weight is 265 g/mol. The Kier molecular flexibility index (Phi) is 13.7. The van der Waals surface area contributed by atoms with E-state index in [2.05, 4.69) is 19.2 Å². The van der Waals surface area contributed by atoms with Crippen molar-refractivity contribution in [1.82, 2.24) is 5.32 Å². The van der Waals surface area contributed by atoms with Gasteiger partial charge in [-0.1, -0.05) is 33.1 Å². The minimum atomic E-state index is 0. The summed E-state index contributed by atoms with van der Waals surface area (Å²) >= 11 is 0. The highest BCUT2D eigenvalue weighted by molar-refractivity contribution is 5.85. The quantitative estimate of drug-likeness (QED) is 0.673. The number of hydrogen-bond acceptors (Lipinski definition) is 2. The minimum Gasteiger partial charge on any atom is -0.353 e. The number of nitrogens with two attached hydrogens (primary N) is 1. The topological polar surface area (TPSA) is 55.1 Å². The lowest BCUT2D eigenvalue weighted by atomic mass is 10.0. The molecule has 17 heavy (non-hydrogen) atoms. The van der Waals surface area contributed by atoms with Crippen LogP contribution >= 0.6 is 12.4 Å². The van der Waals surface area contributed by atoms with E-state index in [0.29, 0.717) is 12.5 Å². The molecule has 0 aliphatic rings. The fraction of sp³-hybridized carbons (Fsp3) is 0.923. The Hall–Kier alpha value is -0.280. The Morgan fingerprint density at radius 1 is 1.18 bits per heavy atom. The summed E-state index contributed by atoms with van der Waals surface area (Å²) in [6.07, 6.45) is 7.04. The van der Waals surface area contributed by atoms with Crippen LogP contribution in [0.2, 0.25) is 0 Å². The first-order valence-corrected chi connectivity index (χ1v) is 6.65. The third-order valence-corrected chi connectivity index (χ3v) is 2.74. The molecule has 104 valence electrons. The zero-order valence-electron chi connectivity index (χ0n) is 11.5. The second-order valence-corrected chi connectivity index (χ2v) is 4.71. The maximum atomic E-state index is 11.6. The van der Waals surface area contributed by atoms with Crippen molar-refractivity contribution in [3.05, 3.63) is 0 Å². The molecule has 0 aliphatic carbocycles. The van der Waals surface area contributed by atoms with E-state index in [1.807, 2.05) is 6.92 Å². The molecular weight excluding hydrogens is 236 g/mol. The van der Waals surface area contributed by atoms with Crippen molar-refractivity contribution in [2.75, 3.05) is 0 Å². The Bertz CT molecular complexity index is 186. The number of rotatable bonds is 9. The normalized spacial score (nSPS) is 13.6. The summed E-state index contributed by atoms with van der Waals surface area (Å²) in [6, 6.07) is 0.483. The van der Waals surface area contributed by atoms with Gasteiger partial charge in [0.2, 0.25) is 5.91 Å². The third kappa shape index (κ3) is 12.0. The van der Waals surface area contributed by atoms with Gasteiger partial charge in [-0.2, -0.15) is 0 Å². The first-order valence-electron chi connectivity index (χ1n) is 6.65. The molecule has 0 rings (SSSR count). The zero-order valence-corrected chi connectivity index (χ0v) is 12.3. The van der Waals surface area contributed by atoms with Crippen LogP contribution in [0.1, 0.15) is 65.7 Å². The van der Waals surface area contributed by atoms with Crippen LogP contribution in [0.5, 0.6) is 0 Å². The van der Waals surface area contributed by atoms with E-state index in [-0.39, 0.29) is 24.4 Å². The van der Waals surface area contributed by atoms with Gasteiger partial charge < -0.3 is 11.1 Å². The molecule has 1 amide bonds. The molecule has 2 unspecified atom stereocenters. The SMILES string of the molecule is CCCCC(CCC)NC(=O)CCC(C)N.Cl. The van der Waals surface area contributed by atoms with Gasteiger partial charge >= 0.3 is 0 Å². The van der Waals surface area contributed by atoms with Crippen molar-refractivity contribution in [3.63, 3.8) is 0 Å². The molecule has 0 aromatic carbocycles. The molecule has 4 heteroatoms. The maximum absolute atomic E-state index is 11.6. The second kappa shape index (κ2) is 12.2. The van der Waals surface area contributed by atoms with Crippen LogP contribution in [0, 0.1) is 0 Å². The van der Waals surface area contributed by atoms with E-state index < -0.39 is 0 Å². The molecule has 0 aromatic rings. The number of unbranched alkanes of at least 4 members (excludes halogenated alkanes) is 1. The van der Waals surface area contributed by atoms with Crippen LogP contribution in [0.15, 0.2) is 0 Å². The van der Waals surface area contributed by atoms with Gasteiger partial charge in [0, 0.05) is 18.5 Å². The highest BCUT2D eigenvalue weighted by Crippen LogP contribution is 2.07. The molecule has 0 saturated carbocycles. The number of nitrogens with one attached hydrogen (secondary N) is 1. The summed E-state index contributed by atoms with van der Waals surface area (Å²) in [5.41, 5.74) is 5.63. The summed E-state index contributed by atoms with van der Waals surface area (Å²) < 4.78 is 0. The van der Waals surface area contributed by atoms with Crippen molar-refractivity contribution in [3.8, 4) is 0 Å². The molecule has 2 atom stereocenters. The fourth-order valence-electron chi connectivity index (χ4n) is 1.75. The van der Waals surface area contributed by atoms with Crippen molar-refractivity contribution >= 4 is 18.3 Å². The van der Waals surface area contributed by atoms with Gasteiger partial charge in [-0.25, -0.2) is 0 Å². The van der Waals surface area contributed by atoms with Crippen molar-refractivity contribution in [2.45, 2.75) is 77.8 Å². The van der Waals surface area contributed by atoms with Crippen LogP contribution in [-0.2, 0) is 4.79 Å². The monoisotopic (exact) mass is 264 g/mol. The van der Waals surface area contributed by atoms with E-state index >= 15 is 0 Å². The van der Waals surface area contributed by atoms with Gasteiger partial charge in [0.25, 0.3) is 0 Å². The maximum Gasteiger partial charge on any atom is 0.220 e. The van der Waals surface area contributed by atoms with Crippen molar-refractivity contribution in [1.29, 1.82) is 0 Å². The number of amides is 1. The number of carbonyl (C=O) groups excluding carboxylic acids is 1.